The zero-order valence-electron chi connectivity index (χ0n) is 13.9. The second-order valence-corrected chi connectivity index (χ2v) is 9.35. The Morgan fingerprint density at radius 1 is 1.27 bits per heavy atom. The largest absolute Gasteiger partial charge is 0.315 e. The Kier molecular flexibility index (Phi) is 4.94. The number of pyridine rings is 1. The fourth-order valence-electron chi connectivity index (χ4n) is 2.39. The lowest BCUT2D eigenvalue weighted by molar-refractivity contribution is 0.477. The molecule has 0 saturated heterocycles. The lowest BCUT2D eigenvalue weighted by atomic mass is 10.1. The molecule has 0 radical (unpaired) electrons. The number of nitrogens with one attached hydrogen (secondary N) is 2. The maximum absolute atomic E-state index is 12.5. The Morgan fingerprint density at radius 2 is 1.95 bits per heavy atom. The number of aryl methyl sites for hydroxylation is 1. The molecule has 0 bridgehead atoms. The van der Waals surface area contributed by atoms with E-state index >= 15 is 0 Å². The number of hydrogen-bond donors (Lipinski definition) is 2. The average Bonchev–Trinajstić information content (AvgIpc) is 3.15. The Bertz CT molecular complexity index is 599. The molecule has 1 saturated carbocycles. The first-order valence-corrected chi connectivity index (χ1v) is 9.28. The number of sulfonamides is 1. The van der Waals surface area contributed by atoms with Crippen molar-refractivity contribution < 1.29 is 8.42 Å². The lowest BCUT2D eigenvalue weighted by Crippen LogP contribution is -2.49. The molecule has 22 heavy (non-hydrogen) atoms. The third kappa shape index (κ3) is 4.51. The van der Waals surface area contributed by atoms with E-state index in [1.165, 1.54) is 5.56 Å². The molecule has 2 N–H and O–H groups in total. The molecule has 0 spiro atoms. The zero-order chi connectivity index (χ0) is 16.4. The highest BCUT2D eigenvalue weighted by Crippen LogP contribution is 2.42. The normalized spacial score (nSPS) is 17.5. The van der Waals surface area contributed by atoms with Gasteiger partial charge in [0.05, 0.1) is 4.75 Å². The minimum Gasteiger partial charge on any atom is -0.315 e. The van der Waals surface area contributed by atoms with E-state index in [1.54, 1.807) is 0 Å². The van der Waals surface area contributed by atoms with E-state index in [1.807, 2.05) is 40.0 Å². The van der Waals surface area contributed by atoms with Gasteiger partial charge in [0.2, 0.25) is 10.0 Å². The molecule has 0 aliphatic heterocycles. The van der Waals surface area contributed by atoms with E-state index in [9.17, 15) is 8.42 Å². The van der Waals surface area contributed by atoms with Gasteiger partial charge in [0.15, 0.2) is 0 Å². The van der Waals surface area contributed by atoms with Crippen molar-refractivity contribution in [2.24, 2.45) is 0 Å². The molecule has 0 amide bonds. The molecule has 0 unspecified atom stereocenters. The van der Waals surface area contributed by atoms with Gasteiger partial charge in [-0.15, -0.1) is 0 Å². The van der Waals surface area contributed by atoms with Crippen molar-refractivity contribution in [3.8, 4) is 0 Å². The Hall–Kier alpha value is -0.980. The molecule has 0 aromatic carbocycles. The summed E-state index contributed by atoms with van der Waals surface area (Å²) in [6.07, 6.45) is 4.20. The summed E-state index contributed by atoms with van der Waals surface area (Å²) in [7, 11) is -3.28. The van der Waals surface area contributed by atoms with Crippen LogP contribution in [0.15, 0.2) is 18.3 Å². The summed E-state index contributed by atoms with van der Waals surface area (Å²) in [4.78, 5) is 4.26. The maximum atomic E-state index is 12.5. The quantitative estimate of drug-likeness (QED) is 0.750. The highest BCUT2D eigenvalue weighted by atomic mass is 32.2. The third-order valence-electron chi connectivity index (χ3n) is 3.83. The average molecular weight is 325 g/mol. The van der Waals surface area contributed by atoms with E-state index in [2.05, 4.69) is 21.1 Å². The number of nitrogens with zero attached hydrogens (tertiary/aromatic N) is 1. The van der Waals surface area contributed by atoms with Crippen molar-refractivity contribution in [1.29, 1.82) is 0 Å². The van der Waals surface area contributed by atoms with Gasteiger partial charge in [-0.25, -0.2) is 13.1 Å². The van der Waals surface area contributed by atoms with Crippen molar-refractivity contribution >= 4 is 10.0 Å². The summed E-state index contributed by atoms with van der Waals surface area (Å²) in [5.41, 5.74) is 1.74. The first-order chi connectivity index (χ1) is 10.1. The SMILES string of the molecule is Cc1ccc(CCNCC2(S(=O)(=O)NC(C)(C)C)CC2)cn1. The van der Waals surface area contributed by atoms with Gasteiger partial charge in [-0.3, -0.25) is 4.98 Å². The number of hydrogen-bond acceptors (Lipinski definition) is 4. The number of rotatable bonds is 7. The van der Waals surface area contributed by atoms with Gasteiger partial charge in [0.25, 0.3) is 0 Å². The summed E-state index contributed by atoms with van der Waals surface area (Å²) >= 11 is 0. The third-order valence-corrected chi connectivity index (χ3v) is 6.40. The Labute approximate surface area is 134 Å². The van der Waals surface area contributed by atoms with E-state index in [-0.39, 0.29) is 0 Å². The van der Waals surface area contributed by atoms with Crippen LogP contribution in [0.5, 0.6) is 0 Å². The summed E-state index contributed by atoms with van der Waals surface area (Å²) in [5, 5.41) is 3.30. The van der Waals surface area contributed by atoms with Gasteiger partial charge in [0.1, 0.15) is 0 Å². The van der Waals surface area contributed by atoms with E-state index in [0.717, 1.165) is 31.5 Å². The summed E-state index contributed by atoms with van der Waals surface area (Å²) in [5.74, 6) is 0. The molecule has 1 fully saturated rings. The fourth-order valence-corrected chi connectivity index (χ4v) is 4.34. The topological polar surface area (TPSA) is 71.1 Å². The Morgan fingerprint density at radius 3 is 2.45 bits per heavy atom. The standard InChI is InChI=1S/C16H27N3O2S/c1-13-5-6-14(11-18-13)7-10-17-12-16(8-9-16)22(20,21)19-15(2,3)4/h5-6,11,17,19H,7-10,12H2,1-4H3. The van der Waals surface area contributed by atoms with Crippen molar-refractivity contribution in [2.45, 2.75) is 57.2 Å². The zero-order valence-corrected chi connectivity index (χ0v) is 14.8. The van der Waals surface area contributed by atoms with Crippen LogP contribution in [0.25, 0.3) is 0 Å². The lowest BCUT2D eigenvalue weighted by Gasteiger charge is -2.25. The molecule has 2 rings (SSSR count). The van der Waals surface area contributed by atoms with Crippen LogP contribution in [0, 0.1) is 6.92 Å². The van der Waals surface area contributed by atoms with Crippen molar-refractivity contribution in [2.75, 3.05) is 13.1 Å². The van der Waals surface area contributed by atoms with Crippen LogP contribution < -0.4 is 10.0 Å². The van der Waals surface area contributed by atoms with Gasteiger partial charge in [-0.2, -0.15) is 0 Å². The molecule has 1 heterocycles. The molecule has 1 aliphatic carbocycles. The number of aromatic nitrogens is 1. The summed E-state index contributed by atoms with van der Waals surface area (Å²) < 4.78 is 27.1. The summed E-state index contributed by atoms with van der Waals surface area (Å²) in [6, 6.07) is 4.06. The van der Waals surface area contributed by atoms with Gasteiger partial charge < -0.3 is 5.32 Å². The van der Waals surface area contributed by atoms with Crippen LogP contribution in [0.2, 0.25) is 0 Å². The summed E-state index contributed by atoms with van der Waals surface area (Å²) in [6.45, 7) is 8.86. The molecule has 0 atom stereocenters. The second-order valence-electron chi connectivity index (χ2n) is 7.27. The van der Waals surface area contributed by atoms with Crippen molar-refractivity contribution in [3.05, 3.63) is 29.6 Å². The van der Waals surface area contributed by atoms with Gasteiger partial charge in [-0.05, 0) is 65.1 Å². The smallest absolute Gasteiger partial charge is 0.219 e. The maximum Gasteiger partial charge on any atom is 0.219 e. The molecule has 1 aliphatic rings. The second kappa shape index (κ2) is 6.26. The van der Waals surface area contributed by atoms with E-state index < -0.39 is 20.3 Å². The van der Waals surface area contributed by atoms with Crippen molar-refractivity contribution in [3.63, 3.8) is 0 Å². The highest BCUT2D eigenvalue weighted by Gasteiger charge is 2.54. The molecule has 124 valence electrons. The Balaban J connectivity index is 1.82. The van der Waals surface area contributed by atoms with Crippen molar-refractivity contribution in [1.82, 2.24) is 15.0 Å². The first kappa shape index (κ1) is 17.4. The predicted octanol–water partition coefficient (Wildman–Crippen LogP) is 1.77. The monoisotopic (exact) mass is 325 g/mol. The minimum absolute atomic E-state index is 0.429. The first-order valence-electron chi connectivity index (χ1n) is 7.79. The van der Waals surface area contributed by atoms with Gasteiger partial charge in [0, 0.05) is 24.0 Å². The van der Waals surface area contributed by atoms with Crippen LogP contribution in [-0.2, 0) is 16.4 Å². The molecule has 6 heteroatoms. The van der Waals surface area contributed by atoms with E-state index in [0.29, 0.717) is 6.54 Å². The molecule has 1 aromatic heterocycles. The van der Waals surface area contributed by atoms with Crippen LogP contribution in [-0.4, -0.2) is 36.8 Å². The van der Waals surface area contributed by atoms with Gasteiger partial charge in [-0.1, -0.05) is 6.07 Å². The minimum atomic E-state index is -3.28. The molecular weight excluding hydrogens is 298 g/mol. The van der Waals surface area contributed by atoms with Crippen LogP contribution >= 0.6 is 0 Å². The van der Waals surface area contributed by atoms with Crippen LogP contribution in [0.4, 0.5) is 0 Å². The van der Waals surface area contributed by atoms with Crippen LogP contribution in [0.1, 0.15) is 44.9 Å². The predicted molar refractivity (Wildman–Crippen MR) is 89.3 cm³/mol. The highest BCUT2D eigenvalue weighted by molar-refractivity contribution is 7.91. The van der Waals surface area contributed by atoms with Crippen LogP contribution in [0.3, 0.4) is 0 Å². The van der Waals surface area contributed by atoms with E-state index in [4.69, 9.17) is 0 Å². The molecule has 1 aromatic rings. The molecular formula is C16H27N3O2S. The van der Waals surface area contributed by atoms with Gasteiger partial charge >= 0.3 is 0 Å². The molecule has 5 nitrogen and oxygen atoms in total. The fraction of sp³-hybridized carbons (Fsp3) is 0.688.